The van der Waals surface area contributed by atoms with E-state index in [1.807, 2.05) is 0 Å². The minimum absolute atomic E-state index is 0.0588. The van der Waals surface area contributed by atoms with Gasteiger partial charge in [-0.15, -0.1) is 0 Å². The van der Waals surface area contributed by atoms with E-state index in [-0.39, 0.29) is 10.7 Å². The third-order valence-electron chi connectivity index (χ3n) is 2.25. The van der Waals surface area contributed by atoms with E-state index in [1.54, 1.807) is 7.11 Å². The average molecular weight is 290 g/mol. The van der Waals surface area contributed by atoms with Crippen LogP contribution in [0.25, 0.3) is 0 Å². The fourth-order valence-electron chi connectivity index (χ4n) is 1.35. The standard InChI is InChI=1S/C12H16ClNO5/c1-17-5-2-6-18-7-8-19-10-3-4-12(14(15)16)11(13)9-10/h3-4,9H,2,5-8H2,1H3. The van der Waals surface area contributed by atoms with Crippen molar-refractivity contribution in [1.29, 1.82) is 0 Å². The van der Waals surface area contributed by atoms with Gasteiger partial charge < -0.3 is 14.2 Å². The molecule has 0 unspecified atom stereocenters. The summed E-state index contributed by atoms with van der Waals surface area (Å²) in [5.74, 6) is 0.482. The predicted molar refractivity (Wildman–Crippen MR) is 70.9 cm³/mol. The molecule has 0 aliphatic carbocycles. The number of hydrogen-bond acceptors (Lipinski definition) is 5. The highest BCUT2D eigenvalue weighted by Crippen LogP contribution is 2.28. The van der Waals surface area contributed by atoms with Crippen molar-refractivity contribution in [3.05, 3.63) is 33.3 Å². The molecule has 0 saturated heterocycles. The number of methoxy groups -OCH3 is 1. The first kappa shape index (κ1) is 15.7. The quantitative estimate of drug-likeness (QED) is 0.397. The molecular weight excluding hydrogens is 274 g/mol. The zero-order chi connectivity index (χ0) is 14.1. The van der Waals surface area contributed by atoms with Crippen LogP contribution in [0.2, 0.25) is 5.02 Å². The molecule has 0 N–H and O–H groups in total. The SMILES string of the molecule is COCCCOCCOc1ccc([N+](=O)[O-])c(Cl)c1. The summed E-state index contributed by atoms with van der Waals surface area (Å²) < 4.78 is 15.5. The smallest absolute Gasteiger partial charge is 0.288 e. The molecule has 7 heteroatoms. The lowest BCUT2D eigenvalue weighted by molar-refractivity contribution is -0.384. The van der Waals surface area contributed by atoms with Crippen LogP contribution in [0, 0.1) is 10.1 Å². The Hall–Kier alpha value is -1.37. The Labute approximate surface area is 116 Å². The van der Waals surface area contributed by atoms with Crippen LogP contribution in [-0.4, -0.2) is 38.5 Å². The van der Waals surface area contributed by atoms with Crippen LogP contribution in [0.15, 0.2) is 18.2 Å². The summed E-state index contributed by atoms with van der Waals surface area (Å²) in [5.41, 5.74) is -0.134. The zero-order valence-corrected chi connectivity index (χ0v) is 11.4. The maximum Gasteiger partial charge on any atom is 0.288 e. The minimum Gasteiger partial charge on any atom is -0.491 e. The van der Waals surface area contributed by atoms with Crippen LogP contribution >= 0.6 is 11.6 Å². The van der Waals surface area contributed by atoms with Gasteiger partial charge in [-0.05, 0) is 12.5 Å². The molecule has 0 amide bonds. The summed E-state index contributed by atoms with van der Waals surface area (Å²) in [7, 11) is 1.64. The van der Waals surface area contributed by atoms with Gasteiger partial charge in [0.1, 0.15) is 17.4 Å². The van der Waals surface area contributed by atoms with Gasteiger partial charge in [-0.1, -0.05) is 11.6 Å². The Kier molecular flexibility index (Phi) is 7.17. The Morgan fingerprint density at radius 3 is 2.68 bits per heavy atom. The predicted octanol–water partition coefficient (Wildman–Crippen LogP) is 2.68. The number of nitro benzene ring substituents is 1. The van der Waals surface area contributed by atoms with E-state index in [9.17, 15) is 10.1 Å². The van der Waals surface area contributed by atoms with Crippen molar-refractivity contribution in [1.82, 2.24) is 0 Å². The van der Waals surface area contributed by atoms with E-state index in [2.05, 4.69) is 0 Å². The van der Waals surface area contributed by atoms with Gasteiger partial charge >= 0.3 is 0 Å². The van der Waals surface area contributed by atoms with Crippen molar-refractivity contribution >= 4 is 17.3 Å². The molecule has 0 aliphatic rings. The molecule has 6 nitrogen and oxygen atoms in total. The van der Waals surface area contributed by atoms with E-state index in [4.69, 9.17) is 25.8 Å². The monoisotopic (exact) mass is 289 g/mol. The van der Waals surface area contributed by atoms with E-state index in [0.29, 0.717) is 32.2 Å². The number of benzene rings is 1. The third-order valence-corrected chi connectivity index (χ3v) is 2.55. The normalized spacial score (nSPS) is 10.4. The average Bonchev–Trinajstić information content (AvgIpc) is 2.37. The van der Waals surface area contributed by atoms with E-state index < -0.39 is 4.92 Å². The van der Waals surface area contributed by atoms with E-state index in [1.165, 1.54) is 18.2 Å². The van der Waals surface area contributed by atoms with E-state index >= 15 is 0 Å². The van der Waals surface area contributed by atoms with Crippen molar-refractivity contribution in [2.45, 2.75) is 6.42 Å². The Morgan fingerprint density at radius 2 is 2.05 bits per heavy atom. The van der Waals surface area contributed by atoms with Gasteiger partial charge in [0.25, 0.3) is 5.69 Å². The van der Waals surface area contributed by atoms with E-state index in [0.717, 1.165) is 6.42 Å². The molecular formula is C12H16ClNO5. The van der Waals surface area contributed by atoms with Gasteiger partial charge in [-0.25, -0.2) is 0 Å². The molecule has 1 rings (SSSR count). The van der Waals surface area contributed by atoms with Crippen LogP contribution < -0.4 is 4.74 Å². The number of hydrogen-bond donors (Lipinski definition) is 0. The van der Waals surface area contributed by atoms with Gasteiger partial charge in [0.15, 0.2) is 0 Å². The molecule has 1 aromatic rings. The minimum atomic E-state index is -0.537. The molecule has 0 bridgehead atoms. The van der Waals surface area contributed by atoms with Crippen molar-refractivity contribution in [2.75, 3.05) is 33.5 Å². The molecule has 106 valence electrons. The van der Waals surface area contributed by atoms with Crippen LogP contribution in [0.4, 0.5) is 5.69 Å². The maximum absolute atomic E-state index is 10.6. The summed E-state index contributed by atoms with van der Waals surface area (Å²) in [6.45, 7) is 2.08. The molecule has 0 radical (unpaired) electrons. The Bertz CT molecular complexity index is 413. The van der Waals surface area contributed by atoms with Crippen molar-refractivity contribution in [3.63, 3.8) is 0 Å². The van der Waals surface area contributed by atoms with Crippen LogP contribution in [0.1, 0.15) is 6.42 Å². The largest absolute Gasteiger partial charge is 0.491 e. The number of halogens is 1. The number of nitrogens with zero attached hydrogens (tertiary/aromatic N) is 1. The zero-order valence-electron chi connectivity index (χ0n) is 10.6. The maximum atomic E-state index is 10.6. The van der Waals surface area contributed by atoms with Crippen molar-refractivity contribution in [2.24, 2.45) is 0 Å². The highest BCUT2D eigenvalue weighted by atomic mass is 35.5. The molecule has 0 fully saturated rings. The molecule has 0 aliphatic heterocycles. The molecule has 0 spiro atoms. The highest BCUT2D eigenvalue weighted by Gasteiger charge is 2.12. The van der Waals surface area contributed by atoms with Crippen molar-refractivity contribution in [3.8, 4) is 5.75 Å². The summed E-state index contributed by atoms with van der Waals surface area (Å²) in [6.07, 6.45) is 0.833. The molecule has 0 saturated carbocycles. The van der Waals surface area contributed by atoms with Crippen LogP contribution in [0.3, 0.4) is 0 Å². The Morgan fingerprint density at radius 1 is 1.26 bits per heavy atom. The summed E-state index contributed by atoms with van der Waals surface area (Å²) in [6, 6.07) is 4.25. The molecule has 19 heavy (non-hydrogen) atoms. The number of rotatable bonds is 9. The first-order valence-electron chi connectivity index (χ1n) is 5.78. The summed E-state index contributed by atoms with van der Waals surface area (Å²) in [4.78, 5) is 10.0. The van der Waals surface area contributed by atoms with Crippen LogP contribution in [0.5, 0.6) is 5.75 Å². The molecule has 0 aromatic heterocycles. The number of nitro groups is 1. The topological polar surface area (TPSA) is 70.8 Å². The van der Waals surface area contributed by atoms with Gasteiger partial charge in [0.2, 0.25) is 0 Å². The number of ether oxygens (including phenoxy) is 3. The summed E-state index contributed by atoms with van der Waals surface area (Å²) in [5, 5.41) is 10.6. The first-order valence-corrected chi connectivity index (χ1v) is 6.16. The fourth-order valence-corrected chi connectivity index (χ4v) is 1.59. The van der Waals surface area contributed by atoms with Crippen LogP contribution in [-0.2, 0) is 9.47 Å². The lowest BCUT2D eigenvalue weighted by Crippen LogP contribution is -2.08. The molecule has 0 heterocycles. The fraction of sp³-hybridized carbons (Fsp3) is 0.500. The molecule has 1 aromatic carbocycles. The second-order valence-corrected chi connectivity index (χ2v) is 4.08. The van der Waals surface area contributed by atoms with Gasteiger partial charge in [0, 0.05) is 32.5 Å². The lowest BCUT2D eigenvalue weighted by atomic mass is 10.3. The van der Waals surface area contributed by atoms with Gasteiger partial charge in [-0.3, -0.25) is 10.1 Å². The molecule has 0 atom stereocenters. The Balaban J connectivity index is 2.26. The summed E-state index contributed by atoms with van der Waals surface area (Å²) >= 11 is 5.75. The lowest BCUT2D eigenvalue weighted by Gasteiger charge is -2.07. The van der Waals surface area contributed by atoms with Gasteiger partial charge in [0.05, 0.1) is 11.5 Å². The second-order valence-electron chi connectivity index (χ2n) is 3.68. The first-order chi connectivity index (χ1) is 9.15. The third kappa shape index (κ3) is 5.87. The second kappa shape index (κ2) is 8.68. The van der Waals surface area contributed by atoms with Gasteiger partial charge in [-0.2, -0.15) is 0 Å². The van der Waals surface area contributed by atoms with Crippen molar-refractivity contribution < 1.29 is 19.1 Å². The highest BCUT2D eigenvalue weighted by molar-refractivity contribution is 6.32.